The number of hydrogen-bond donors (Lipinski definition) is 4. The normalized spacial score (nSPS) is 10.1. The number of carboxylic acids is 1. The number of carbonyl (C=O) groups excluding carboxylic acids is 1. The lowest BCUT2D eigenvalue weighted by atomic mass is 10.1. The Morgan fingerprint density at radius 2 is 1.95 bits per heavy atom. The van der Waals surface area contributed by atoms with E-state index < -0.39 is 5.97 Å². The molecule has 0 aliphatic carbocycles. The molecule has 1 aromatic heterocycles. The summed E-state index contributed by atoms with van der Waals surface area (Å²) in [5.74, 6) is -0.148. The quantitative estimate of drug-likeness (QED) is 0.639. The number of carbonyl (C=O) groups is 2. The van der Waals surface area contributed by atoms with Gasteiger partial charge in [0.25, 0.3) is 0 Å². The van der Waals surface area contributed by atoms with E-state index in [1.54, 1.807) is 24.5 Å². The van der Waals surface area contributed by atoms with Crippen LogP contribution in [0.3, 0.4) is 0 Å². The molecule has 1 heterocycles. The largest absolute Gasteiger partial charge is 0.478 e. The lowest BCUT2D eigenvalue weighted by Gasteiger charge is -2.07. The van der Waals surface area contributed by atoms with Crippen molar-refractivity contribution < 1.29 is 14.7 Å². The number of rotatable bonds is 6. The molecule has 0 aliphatic rings. The third-order valence-electron chi connectivity index (χ3n) is 2.86. The molecule has 110 valence electrons. The van der Waals surface area contributed by atoms with E-state index in [0.717, 1.165) is 11.4 Å². The van der Waals surface area contributed by atoms with Gasteiger partial charge in [-0.05, 0) is 17.7 Å². The van der Waals surface area contributed by atoms with Gasteiger partial charge in [0.1, 0.15) is 5.82 Å². The summed E-state index contributed by atoms with van der Waals surface area (Å²) in [6.45, 7) is 0.823. The summed E-state index contributed by atoms with van der Waals surface area (Å²) in [6, 6.07) is 6.09. The standard InChI is InChI=1S/C14H16N4O3/c19-13(20)11-3-1-10(2-4-11)9-18-14(21)17-6-5-12-15-7-8-16-12/h1-4,7-8H,5-6,9H2,(H,15,16)(H,19,20)(H2,17,18,21). The van der Waals surface area contributed by atoms with Gasteiger partial charge in [0.2, 0.25) is 0 Å². The highest BCUT2D eigenvalue weighted by molar-refractivity contribution is 5.87. The van der Waals surface area contributed by atoms with Crippen LogP contribution >= 0.6 is 0 Å². The number of carboxylic acid groups (broad SMARTS) is 1. The minimum Gasteiger partial charge on any atom is -0.478 e. The van der Waals surface area contributed by atoms with E-state index in [-0.39, 0.29) is 11.6 Å². The number of H-pyrrole nitrogens is 1. The molecule has 0 saturated carbocycles. The molecule has 0 aliphatic heterocycles. The second-order valence-electron chi connectivity index (χ2n) is 4.40. The second-order valence-corrected chi connectivity index (χ2v) is 4.40. The Morgan fingerprint density at radius 3 is 2.57 bits per heavy atom. The molecule has 0 fully saturated rings. The molecule has 2 aromatic rings. The van der Waals surface area contributed by atoms with Crippen molar-refractivity contribution in [3.05, 3.63) is 53.6 Å². The maximum Gasteiger partial charge on any atom is 0.335 e. The van der Waals surface area contributed by atoms with E-state index in [0.29, 0.717) is 19.5 Å². The van der Waals surface area contributed by atoms with Crippen LogP contribution < -0.4 is 10.6 Å². The van der Waals surface area contributed by atoms with E-state index in [4.69, 9.17) is 5.11 Å². The van der Waals surface area contributed by atoms with Gasteiger partial charge in [-0.2, -0.15) is 0 Å². The minimum atomic E-state index is -0.967. The Morgan fingerprint density at radius 1 is 1.19 bits per heavy atom. The van der Waals surface area contributed by atoms with Crippen molar-refractivity contribution in [2.45, 2.75) is 13.0 Å². The summed E-state index contributed by atoms with van der Waals surface area (Å²) in [5.41, 5.74) is 1.06. The number of aromatic amines is 1. The number of urea groups is 1. The summed E-state index contributed by atoms with van der Waals surface area (Å²) in [6.07, 6.45) is 4.03. The summed E-state index contributed by atoms with van der Waals surface area (Å²) in [7, 11) is 0. The summed E-state index contributed by atoms with van der Waals surface area (Å²) < 4.78 is 0. The third-order valence-corrected chi connectivity index (χ3v) is 2.86. The molecule has 2 amide bonds. The molecule has 0 bridgehead atoms. The van der Waals surface area contributed by atoms with E-state index >= 15 is 0 Å². The van der Waals surface area contributed by atoms with Crippen molar-refractivity contribution in [3.8, 4) is 0 Å². The van der Waals surface area contributed by atoms with Gasteiger partial charge >= 0.3 is 12.0 Å². The second kappa shape index (κ2) is 7.09. The number of aromatic nitrogens is 2. The average molecular weight is 288 g/mol. The predicted molar refractivity (Wildman–Crippen MR) is 75.9 cm³/mol. The fourth-order valence-corrected chi connectivity index (χ4v) is 1.74. The molecule has 0 unspecified atom stereocenters. The van der Waals surface area contributed by atoms with E-state index in [1.807, 2.05) is 0 Å². The first-order valence-electron chi connectivity index (χ1n) is 6.47. The van der Waals surface area contributed by atoms with Crippen LogP contribution in [0, 0.1) is 0 Å². The highest BCUT2D eigenvalue weighted by atomic mass is 16.4. The van der Waals surface area contributed by atoms with Crippen molar-refractivity contribution in [2.24, 2.45) is 0 Å². The number of amides is 2. The zero-order valence-electron chi connectivity index (χ0n) is 11.3. The number of imidazole rings is 1. The summed E-state index contributed by atoms with van der Waals surface area (Å²) >= 11 is 0. The average Bonchev–Trinajstić information content (AvgIpc) is 2.99. The van der Waals surface area contributed by atoms with Gasteiger partial charge in [-0.1, -0.05) is 12.1 Å². The Hall–Kier alpha value is -2.83. The summed E-state index contributed by atoms with van der Waals surface area (Å²) in [5, 5.41) is 14.2. The van der Waals surface area contributed by atoms with Crippen LogP contribution in [0.4, 0.5) is 4.79 Å². The maximum atomic E-state index is 11.6. The van der Waals surface area contributed by atoms with Crippen molar-refractivity contribution in [1.29, 1.82) is 0 Å². The van der Waals surface area contributed by atoms with Gasteiger partial charge in [-0.25, -0.2) is 14.6 Å². The van der Waals surface area contributed by atoms with Crippen LogP contribution in [-0.2, 0) is 13.0 Å². The summed E-state index contributed by atoms with van der Waals surface area (Å²) in [4.78, 5) is 29.3. The lowest BCUT2D eigenvalue weighted by Crippen LogP contribution is -2.36. The fourth-order valence-electron chi connectivity index (χ4n) is 1.74. The maximum absolute atomic E-state index is 11.6. The topological polar surface area (TPSA) is 107 Å². The molecule has 21 heavy (non-hydrogen) atoms. The Labute approximate surface area is 121 Å². The van der Waals surface area contributed by atoms with Crippen LogP contribution in [0.1, 0.15) is 21.7 Å². The Kier molecular flexibility index (Phi) is 4.92. The Bertz CT molecular complexity index is 593. The molecule has 0 spiro atoms. The van der Waals surface area contributed by atoms with Crippen molar-refractivity contribution in [2.75, 3.05) is 6.54 Å². The number of benzene rings is 1. The van der Waals surface area contributed by atoms with Crippen LogP contribution in [0.5, 0.6) is 0 Å². The molecular formula is C14H16N4O3. The molecule has 7 nitrogen and oxygen atoms in total. The molecule has 0 radical (unpaired) electrons. The van der Waals surface area contributed by atoms with Gasteiger partial charge in [-0.15, -0.1) is 0 Å². The fraction of sp³-hybridized carbons (Fsp3) is 0.214. The molecule has 7 heteroatoms. The zero-order valence-corrected chi connectivity index (χ0v) is 11.3. The van der Waals surface area contributed by atoms with Crippen LogP contribution in [0.2, 0.25) is 0 Å². The number of hydrogen-bond acceptors (Lipinski definition) is 3. The first kappa shape index (κ1) is 14.6. The smallest absolute Gasteiger partial charge is 0.335 e. The first-order chi connectivity index (χ1) is 10.1. The number of nitrogens with one attached hydrogen (secondary N) is 3. The molecule has 2 rings (SSSR count). The van der Waals surface area contributed by atoms with Gasteiger partial charge in [-0.3, -0.25) is 0 Å². The van der Waals surface area contributed by atoms with E-state index in [1.165, 1.54) is 12.1 Å². The van der Waals surface area contributed by atoms with E-state index in [9.17, 15) is 9.59 Å². The highest BCUT2D eigenvalue weighted by Crippen LogP contribution is 2.04. The number of nitrogens with zero attached hydrogens (tertiary/aromatic N) is 1. The molecule has 1 aromatic carbocycles. The SMILES string of the molecule is O=C(NCCc1ncc[nH]1)NCc1ccc(C(=O)O)cc1. The van der Waals surface area contributed by atoms with Crippen LogP contribution in [0.25, 0.3) is 0 Å². The van der Waals surface area contributed by atoms with Gasteiger partial charge in [0.15, 0.2) is 0 Å². The Balaban J connectivity index is 1.69. The molecular weight excluding hydrogens is 272 g/mol. The monoisotopic (exact) mass is 288 g/mol. The third kappa shape index (κ3) is 4.64. The van der Waals surface area contributed by atoms with Crippen LogP contribution in [0.15, 0.2) is 36.7 Å². The minimum absolute atomic E-state index is 0.224. The predicted octanol–water partition coefficient (Wildman–Crippen LogP) is 1.15. The molecule has 0 atom stereocenters. The van der Waals surface area contributed by atoms with Gasteiger partial charge < -0.3 is 20.7 Å². The molecule has 4 N–H and O–H groups in total. The van der Waals surface area contributed by atoms with E-state index in [2.05, 4.69) is 20.6 Å². The first-order valence-corrected chi connectivity index (χ1v) is 6.47. The van der Waals surface area contributed by atoms with Gasteiger partial charge in [0.05, 0.1) is 5.56 Å². The van der Waals surface area contributed by atoms with Crippen molar-refractivity contribution in [1.82, 2.24) is 20.6 Å². The van der Waals surface area contributed by atoms with Crippen LogP contribution in [-0.4, -0.2) is 33.6 Å². The van der Waals surface area contributed by atoms with Crippen molar-refractivity contribution in [3.63, 3.8) is 0 Å². The van der Waals surface area contributed by atoms with Gasteiger partial charge in [0, 0.05) is 31.9 Å². The molecule has 0 saturated heterocycles. The lowest BCUT2D eigenvalue weighted by molar-refractivity contribution is 0.0697. The number of aromatic carboxylic acids is 1. The zero-order chi connectivity index (χ0) is 15.1. The van der Waals surface area contributed by atoms with Crippen molar-refractivity contribution >= 4 is 12.0 Å². The highest BCUT2D eigenvalue weighted by Gasteiger charge is 2.03.